The second-order valence-corrected chi connectivity index (χ2v) is 4.88. The fourth-order valence-corrected chi connectivity index (χ4v) is 2.14. The van der Waals surface area contributed by atoms with Gasteiger partial charge in [0.2, 0.25) is 5.82 Å². The van der Waals surface area contributed by atoms with Crippen LogP contribution in [0, 0.1) is 0 Å². The molecule has 0 unspecified atom stereocenters. The molecule has 6 nitrogen and oxygen atoms in total. The molecule has 0 aliphatic heterocycles. The number of hydrogen-bond donors (Lipinski definition) is 0. The summed E-state index contributed by atoms with van der Waals surface area (Å²) in [7, 11) is 0. The highest BCUT2D eigenvalue weighted by atomic mass is 16.6. The van der Waals surface area contributed by atoms with Gasteiger partial charge in [-0.25, -0.2) is 4.79 Å². The molecule has 0 saturated heterocycles. The normalized spacial score (nSPS) is 10.4. The molecule has 6 heteroatoms. The monoisotopic (exact) mass is 324 g/mol. The van der Waals surface area contributed by atoms with E-state index in [0.717, 1.165) is 5.56 Å². The van der Waals surface area contributed by atoms with Crippen molar-refractivity contribution in [1.29, 1.82) is 0 Å². The second-order valence-electron chi connectivity index (χ2n) is 4.88. The van der Waals surface area contributed by atoms with Crippen LogP contribution >= 0.6 is 0 Å². The number of ether oxygens (including phenoxy) is 2. The molecule has 3 aromatic rings. The van der Waals surface area contributed by atoms with Crippen LogP contribution in [0.2, 0.25) is 0 Å². The summed E-state index contributed by atoms with van der Waals surface area (Å²) in [4.78, 5) is 16.2. The van der Waals surface area contributed by atoms with Gasteiger partial charge in [-0.15, -0.1) is 0 Å². The van der Waals surface area contributed by atoms with Crippen LogP contribution in [0.25, 0.3) is 11.4 Å². The Morgan fingerprint density at radius 1 is 1.08 bits per heavy atom. The van der Waals surface area contributed by atoms with Crippen LogP contribution in [0.1, 0.15) is 23.2 Å². The average Bonchev–Trinajstić information content (AvgIpc) is 3.10. The van der Waals surface area contributed by atoms with Gasteiger partial charge < -0.3 is 14.0 Å². The Labute approximate surface area is 139 Å². The molecule has 0 spiro atoms. The SMILES string of the molecule is CCOc1ccccc1-c1noc(COC(=O)c2ccccc2)n1. The van der Waals surface area contributed by atoms with Gasteiger partial charge in [0.15, 0.2) is 6.61 Å². The summed E-state index contributed by atoms with van der Waals surface area (Å²) in [6, 6.07) is 16.1. The summed E-state index contributed by atoms with van der Waals surface area (Å²) in [5.74, 6) is 0.851. The lowest BCUT2D eigenvalue weighted by Gasteiger charge is -2.06. The molecule has 0 saturated carbocycles. The predicted octanol–water partition coefficient (Wildman–Crippen LogP) is 3.49. The van der Waals surface area contributed by atoms with E-state index >= 15 is 0 Å². The zero-order valence-corrected chi connectivity index (χ0v) is 13.1. The number of aromatic nitrogens is 2. The summed E-state index contributed by atoms with van der Waals surface area (Å²) < 4.78 is 15.9. The largest absolute Gasteiger partial charge is 0.493 e. The van der Waals surface area contributed by atoms with Crippen LogP contribution < -0.4 is 4.74 Å². The van der Waals surface area contributed by atoms with Gasteiger partial charge in [0, 0.05) is 0 Å². The third kappa shape index (κ3) is 3.60. The van der Waals surface area contributed by atoms with Crippen LogP contribution in [-0.4, -0.2) is 22.7 Å². The van der Waals surface area contributed by atoms with Gasteiger partial charge in [0.25, 0.3) is 5.89 Å². The zero-order chi connectivity index (χ0) is 16.8. The van der Waals surface area contributed by atoms with E-state index in [9.17, 15) is 4.79 Å². The Hall–Kier alpha value is -3.15. The highest BCUT2D eigenvalue weighted by Gasteiger charge is 2.15. The Morgan fingerprint density at radius 2 is 1.83 bits per heavy atom. The van der Waals surface area contributed by atoms with Crippen molar-refractivity contribution in [2.45, 2.75) is 13.5 Å². The van der Waals surface area contributed by atoms with Crippen molar-refractivity contribution in [1.82, 2.24) is 10.1 Å². The standard InChI is InChI=1S/C18H16N2O4/c1-2-22-15-11-7-6-10-14(15)17-19-16(24-20-17)12-23-18(21)13-8-4-3-5-9-13/h3-11H,2,12H2,1H3. The Bertz CT molecular complexity index is 815. The quantitative estimate of drug-likeness (QED) is 0.646. The maximum atomic E-state index is 11.9. The highest BCUT2D eigenvalue weighted by Crippen LogP contribution is 2.27. The van der Waals surface area contributed by atoms with Gasteiger partial charge in [-0.1, -0.05) is 35.5 Å². The van der Waals surface area contributed by atoms with Crippen LogP contribution in [0.15, 0.2) is 59.1 Å². The van der Waals surface area contributed by atoms with Gasteiger partial charge in [0.05, 0.1) is 17.7 Å². The second kappa shape index (κ2) is 7.41. The molecular formula is C18H16N2O4. The van der Waals surface area contributed by atoms with E-state index in [-0.39, 0.29) is 12.5 Å². The number of carbonyl (C=O) groups excluding carboxylic acids is 1. The summed E-state index contributed by atoms with van der Waals surface area (Å²) in [6.07, 6.45) is 0. The number of benzene rings is 2. The van der Waals surface area contributed by atoms with Crippen molar-refractivity contribution >= 4 is 5.97 Å². The first kappa shape index (κ1) is 15.7. The first-order valence-corrected chi connectivity index (χ1v) is 7.55. The minimum absolute atomic E-state index is 0.0858. The first-order valence-electron chi connectivity index (χ1n) is 7.55. The van der Waals surface area contributed by atoms with Crippen molar-refractivity contribution in [3.63, 3.8) is 0 Å². The fraction of sp³-hybridized carbons (Fsp3) is 0.167. The summed E-state index contributed by atoms with van der Waals surface area (Å²) in [5.41, 5.74) is 1.20. The van der Waals surface area contributed by atoms with Gasteiger partial charge >= 0.3 is 5.97 Å². The summed E-state index contributed by atoms with van der Waals surface area (Å²) in [6.45, 7) is 2.36. The molecule has 0 aliphatic rings. The molecule has 122 valence electrons. The molecule has 0 aliphatic carbocycles. The van der Waals surface area contributed by atoms with Crippen molar-refractivity contribution in [2.75, 3.05) is 6.61 Å². The lowest BCUT2D eigenvalue weighted by atomic mass is 10.2. The zero-order valence-electron chi connectivity index (χ0n) is 13.1. The molecule has 3 rings (SSSR count). The van der Waals surface area contributed by atoms with E-state index < -0.39 is 5.97 Å². The third-order valence-electron chi connectivity index (χ3n) is 3.23. The van der Waals surface area contributed by atoms with Crippen molar-refractivity contribution in [3.8, 4) is 17.1 Å². The molecule has 0 fully saturated rings. The van der Waals surface area contributed by atoms with Gasteiger partial charge in [-0.2, -0.15) is 4.98 Å². The molecule has 2 aromatic carbocycles. The molecule has 1 aromatic heterocycles. The van der Waals surface area contributed by atoms with Crippen LogP contribution in [0.5, 0.6) is 5.75 Å². The van der Waals surface area contributed by atoms with E-state index in [4.69, 9.17) is 14.0 Å². The number of para-hydroxylation sites is 1. The van der Waals surface area contributed by atoms with Crippen LogP contribution in [0.4, 0.5) is 0 Å². The molecule has 0 amide bonds. The van der Waals surface area contributed by atoms with Crippen LogP contribution in [0.3, 0.4) is 0 Å². The Balaban J connectivity index is 1.69. The maximum absolute atomic E-state index is 11.9. The number of rotatable bonds is 6. The number of nitrogens with zero attached hydrogens (tertiary/aromatic N) is 2. The fourth-order valence-electron chi connectivity index (χ4n) is 2.14. The van der Waals surface area contributed by atoms with E-state index in [0.29, 0.717) is 23.7 Å². The number of carbonyl (C=O) groups is 1. The first-order chi connectivity index (χ1) is 11.8. The minimum atomic E-state index is -0.440. The number of esters is 1. The van der Waals surface area contributed by atoms with E-state index in [1.807, 2.05) is 37.3 Å². The molecule has 0 radical (unpaired) electrons. The lowest BCUT2D eigenvalue weighted by Crippen LogP contribution is -2.05. The van der Waals surface area contributed by atoms with E-state index in [1.165, 1.54) is 0 Å². The Morgan fingerprint density at radius 3 is 2.62 bits per heavy atom. The summed E-state index contributed by atoms with van der Waals surface area (Å²) >= 11 is 0. The van der Waals surface area contributed by atoms with E-state index in [1.54, 1.807) is 24.3 Å². The summed E-state index contributed by atoms with van der Waals surface area (Å²) in [5, 5.41) is 3.92. The molecule has 24 heavy (non-hydrogen) atoms. The third-order valence-corrected chi connectivity index (χ3v) is 3.23. The Kier molecular flexibility index (Phi) is 4.86. The van der Waals surface area contributed by atoms with Crippen molar-refractivity contribution in [3.05, 3.63) is 66.1 Å². The van der Waals surface area contributed by atoms with Gasteiger partial charge in [-0.3, -0.25) is 0 Å². The predicted molar refractivity (Wildman–Crippen MR) is 86.5 cm³/mol. The molecule has 0 atom stereocenters. The topological polar surface area (TPSA) is 74.5 Å². The van der Waals surface area contributed by atoms with Gasteiger partial charge in [0.1, 0.15) is 5.75 Å². The van der Waals surface area contributed by atoms with E-state index in [2.05, 4.69) is 10.1 Å². The van der Waals surface area contributed by atoms with Crippen molar-refractivity contribution in [2.24, 2.45) is 0 Å². The maximum Gasteiger partial charge on any atom is 0.338 e. The highest BCUT2D eigenvalue weighted by molar-refractivity contribution is 5.89. The number of hydrogen-bond acceptors (Lipinski definition) is 6. The van der Waals surface area contributed by atoms with Crippen LogP contribution in [-0.2, 0) is 11.3 Å². The van der Waals surface area contributed by atoms with Gasteiger partial charge in [-0.05, 0) is 31.2 Å². The lowest BCUT2D eigenvalue weighted by molar-refractivity contribution is 0.0430. The average molecular weight is 324 g/mol. The molecule has 0 N–H and O–H groups in total. The molecular weight excluding hydrogens is 308 g/mol. The molecule has 0 bridgehead atoms. The minimum Gasteiger partial charge on any atom is -0.493 e. The smallest absolute Gasteiger partial charge is 0.338 e. The molecule has 1 heterocycles. The van der Waals surface area contributed by atoms with Crippen molar-refractivity contribution < 1.29 is 18.8 Å².